The molecule has 0 spiro atoms. The number of nitrogens with one attached hydrogen (secondary N) is 2. The number of para-hydroxylation sites is 2. The van der Waals surface area contributed by atoms with E-state index in [1.54, 1.807) is 66.7 Å². The van der Waals surface area contributed by atoms with Gasteiger partial charge in [-0.25, -0.2) is 14.2 Å². The molecule has 114 heavy (non-hydrogen) atoms. The van der Waals surface area contributed by atoms with Gasteiger partial charge in [0.2, 0.25) is 13.5 Å². The molecule has 8 atom stereocenters. The Morgan fingerprint density at radius 2 is 0.947 bits per heavy atom. The van der Waals surface area contributed by atoms with E-state index in [-0.39, 0.29) is 37.2 Å². The van der Waals surface area contributed by atoms with Crippen LogP contribution in [0.25, 0.3) is 0 Å². The molecule has 0 unspecified atom stereocenters. The van der Waals surface area contributed by atoms with E-state index in [2.05, 4.69) is 38.3 Å². The minimum atomic E-state index is -5.34. The van der Waals surface area contributed by atoms with Gasteiger partial charge >= 0.3 is 38.0 Å². The molecule has 0 radical (unpaired) electrons. The second kappa shape index (κ2) is 58.4. The van der Waals surface area contributed by atoms with Crippen molar-refractivity contribution in [2.45, 2.75) is 366 Å². The molecule has 4 rings (SSSR count). The number of unbranched alkanes of at least 4 members (excludes halogenated alkanes) is 30. The Morgan fingerprint density at radius 1 is 0.535 bits per heavy atom. The average molecular weight is 1740 g/mol. The molecule has 3 N–H and O–H groups in total. The predicted molar refractivity (Wildman–Crippen MR) is 452 cm³/mol. The van der Waals surface area contributed by atoms with Gasteiger partial charge in [0.1, 0.15) is 55.2 Å². The van der Waals surface area contributed by atoms with Crippen LogP contribution in [0.3, 0.4) is 0 Å². The molecule has 0 bridgehead atoms. The quantitative estimate of drug-likeness (QED) is 0.0156. The SMILES string of the molecule is CCCCCCCCCCC[C@H](CC(=O)N[C@H](CO)CO[C@H]1O[C@H](COC(=O)OC(C)(C)C(Cl)(Cl)Cl)[C@@H](OP(=O)(Oc2ccccc2)Oc2ccccc2)[C@](Cc2ccccc2)(OC(=O)C[C@@H](CCCCCCCCCCC)OC(=O)CCCCCCCCCC)[C@@H]1NC(=O)OCC(Cl)(Cl)Cl)OC(=O)CCCCCCCCCC. The maximum absolute atomic E-state index is 16.4. The number of carbonyl (C=O) groups is 6. The molecule has 3 aromatic rings. The second-order valence-corrected chi connectivity index (χ2v) is 36.8. The fraction of sp³-hybridized carbons (Fsp3) is 0.721. The number of amides is 2. The van der Waals surface area contributed by atoms with Gasteiger partial charge in [0.05, 0.1) is 32.1 Å². The van der Waals surface area contributed by atoms with E-state index in [1.165, 1.54) is 63.8 Å². The molecule has 648 valence electrons. The number of halogens is 6. The highest BCUT2D eigenvalue weighted by atomic mass is 35.6. The van der Waals surface area contributed by atoms with Crippen molar-refractivity contribution in [1.29, 1.82) is 0 Å². The summed E-state index contributed by atoms with van der Waals surface area (Å²) in [5.41, 5.74) is -4.16. The molecule has 1 fully saturated rings. The Balaban J connectivity index is 1.98. The van der Waals surface area contributed by atoms with Gasteiger partial charge in [0.25, 0.3) is 0 Å². The zero-order valence-electron chi connectivity index (χ0n) is 68.5. The van der Waals surface area contributed by atoms with Gasteiger partial charge in [-0.15, -0.1) is 0 Å². The Labute approximate surface area is 710 Å². The number of hydrogen-bond acceptors (Lipinski definition) is 19. The Bertz CT molecular complexity index is 3100. The van der Waals surface area contributed by atoms with Crippen LogP contribution in [0, 0.1) is 0 Å². The zero-order valence-corrected chi connectivity index (χ0v) is 74.0. The van der Waals surface area contributed by atoms with E-state index < -0.39 is 145 Å². The van der Waals surface area contributed by atoms with E-state index in [4.69, 9.17) is 121 Å². The van der Waals surface area contributed by atoms with Gasteiger partial charge in [-0.2, -0.15) is 0 Å². The summed E-state index contributed by atoms with van der Waals surface area (Å²) >= 11 is 37.7. The molecule has 0 saturated carbocycles. The van der Waals surface area contributed by atoms with Crippen molar-refractivity contribution in [3.8, 4) is 11.5 Å². The molecule has 1 saturated heterocycles. The van der Waals surface area contributed by atoms with Crippen molar-refractivity contribution in [3.63, 3.8) is 0 Å². The van der Waals surface area contributed by atoms with Gasteiger partial charge in [-0.1, -0.05) is 357 Å². The molecular formula is C86H133Cl6N2O19P. The summed E-state index contributed by atoms with van der Waals surface area (Å²) in [7, 11) is -5.34. The number of alkyl halides is 6. The number of aliphatic hydroxyl groups excluding tert-OH is 1. The third-order valence-electron chi connectivity index (χ3n) is 19.9. The molecule has 0 aliphatic carbocycles. The molecule has 1 heterocycles. The van der Waals surface area contributed by atoms with Crippen molar-refractivity contribution in [2.24, 2.45) is 0 Å². The van der Waals surface area contributed by atoms with E-state index in [0.717, 1.165) is 167 Å². The lowest BCUT2D eigenvalue weighted by molar-refractivity contribution is -0.301. The monoisotopic (exact) mass is 1740 g/mol. The molecule has 2 amide bonds. The Hall–Kier alpha value is -4.51. The molecule has 21 nitrogen and oxygen atoms in total. The Kier molecular flexibility index (Phi) is 52.2. The van der Waals surface area contributed by atoms with E-state index in [9.17, 15) is 29.1 Å². The molecule has 1 aliphatic heterocycles. The highest BCUT2D eigenvalue weighted by Crippen LogP contribution is 2.55. The molecule has 1 aliphatic rings. The number of hydrogen-bond donors (Lipinski definition) is 3. The highest BCUT2D eigenvalue weighted by molar-refractivity contribution is 7.49. The average Bonchev–Trinajstić information content (AvgIpc) is 0.730. The fourth-order valence-corrected chi connectivity index (χ4v) is 15.2. The number of rotatable bonds is 63. The molecule has 0 aromatic heterocycles. The summed E-state index contributed by atoms with van der Waals surface area (Å²) < 4.78 is 81.5. The van der Waals surface area contributed by atoms with Crippen LogP contribution in [0.2, 0.25) is 0 Å². The fourth-order valence-electron chi connectivity index (χ4n) is 13.5. The normalized spacial score (nSPS) is 17.4. The molecule has 3 aromatic carbocycles. The third-order valence-corrected chi connectivity index (χ3v) is 23.0. The van der Waals surface area contributed by atoms with Gasteiger partial charge in [-0.05, 0) is 82.2 Å². The largest absolute Gasteiger partial charge is 0.588 e. The van der Waals surface area contributed by atoms with E-state index in [0.29, 0.717) is 37.7 Å². The number of aliphatic hydroxyl groups is 1. The summed E-state index contributed by atoms with van der Waals surface area (Å²) in [5.74, 6) is -2.72. The van der Waals surface area contributed by atoms with Gasteiger partial charge in [-0.3, -0.25) is 23.7 Å². The number of phosphoric ester groups is 1. The number of esters is 3. The molecular weight excluding hydrogens is 1610 g/mol. The van der Waals surface area contributed by atoms with Crippen LogP contribution < -0.4 is 19.7 Å². The first-order valence-corrected chi connectivity index (χ1v) is 45.9. The maximum atomic E-state index is 16.4. The van der Waals surface area contributed by atoms with Crippen molar-refractivity contribution in [1.82, 2.24) is 10.6 Å². The predicted octanol–water partition coefficient (Wildman–Crippen LogP) is 23.7. The summed E-state index contributed by atoms with van der Waals surface area (Å²) in [6.45, 7) is 8.03. The first-order valence-electron chi connectivity index (χ1n) is 42.2. The van der Waals surface area contributed by atoms with Gasteiger partial charge in [0.15, 0.2) is 17.5 Å². The van der Waals surface area contributed by atoms with Crippen molar-refractivity contribution in [3.05, 3.63) is 96.6 Å². The number of phosphoric acid groups is 1. The number of carbonyl (C=O) groups excluding carboxylic acids is 6. The van der Waals surface area contributed by atoms with Crippen molar-refractivity contribution >= 4 is 113 Å². The third kappa shape index (κ3) is 44.0. The van der Waals surface area contributed by atoms with Gasteiger partial charge in [0, 0.05) is 19.3 Å². The van der Waals surface area contributed by atoms with Gasteiger partial charge < -0.3 is 62.7 Å². The summed E-state index contributed by atoms with van der Waals surface area (Å²) in [6.07, 6.45) is 22.9. The first kappa shape index (κ1) is 102. The lowest BCUT2D eigenvalue weighted by Gasteiger charge is -2.53. The van der Waals surface area contributed by atoms with Crippen LogP contribution in [-0.4, -0.2) is 129 Å². The minimum absolute atomic E-state index is 0.0485. The summed E-state index contributed by atoms with van der Waals surface area (Å²) in [5, 5.41) is 16.8. The van der Waals surface area contributed by atoms with Crippen LogP contribution in [0.5, 0.6) is 11.5 Å². The number of alkyl carbamates (subject to hydrolysis) is 1. The van der Waals surface area contributed by atoms with Crippen LogP contribution in [0.4, 0.5) is 9.59 Å². The lowest BCUT2D eigenvalue weighted by Crippen LogP contribution is -2.75. The van der Waals surface area contributed by atoms with Crippen LogP contribution in [-0.2, 0) is 72.6 Å². The first-order chi connectivity index (χ1) is 54.7. The molecule has 28 heteroatoms. The van der Waals surface area contributed by atoms with E-state index >= 15 is 9.36 Å². The smallest absolute Gasteiger partial charge is 0.462 e. The highest BCUT2D eigenvalue weighted by Gasteiger charge is 2.64. The van der Waals surface area contributed by atoms with Crippen molar-refractivity contribution < 1.29 is 89.9 Å². The van der Waals surface area contributed by atoms with Crippen molar-refractivity contribution in [2.75, 3.05) is 26.4 Å². The standard InChI is InChI=1S/C86H133Cl6N2O19P/c1-7-11-15-19-23-27-29-33-42-56-71(106-75(97)58-48-35-31-25-21-17-13-9-3)60-74(96)93-68(63-95)64-103-80-78(94-81(100)105-66-85(87,88)89)84(62-67-50-40-37-41-51-67,109-77(99)61-72(57-43-34-30-28-24-20-16-12-8-2)107-76(98)59-49-36-32-26-22-18-14-10-4)79(73(108-80)65-104-82(101)110-83(5,6)86(90,91)92)113-114(102,111-69-52-44-38-45-53-69)112-70-54-46-39-47-55-70/h37-41,44-47,50-55,68,71-73,78-80,95H,7-36,42-43,48-49,56-66H2,1-6H3,(H,93,96)(H,94,100)/t68-,71-,72-,73-,78-,79-,80+,84-/m1/s1. The lowest BCUT2D eigenvalue weighted by atomic mass is 9.77. The maximum Gasteiger partial charge on any atom is 0.588 e. The topological polar surface area (TPSA) is 265 Å². The number of benzene rings is 3. The van der Waals surface area contributed by atoms with Crippen LogP contribution in [0.15, 0.2) is 91.0 Å². The number of ether oxygens (including phenoxy) is 8. The van der Waals surface area contributed by atoms with E-state index in [1.807, 2.05) is 0 Å². The second-order valence-electron chi connectivity index (χ2n) is 30.5. The summed E-state index contributed by atoms with van der Waals surface area (Å²) in [6, 6.07) is 20.7. The minimum Gasteiger partial charge on any atom is -0.462 e. The zero-order chi connectivity index (χ0) is 83.4. The van der Waals surface area contributed by atoms with Crippen LogP contribution >= 0.6 is 77.4 Å². The van der Waals surface area contributed by atoms with Crippen LogP contribution in [0.1, 0.15) is 304 Å². The Morgan fingerprint density at radius 3 is 1.37 bits per heavy atom. The summed E-state index contributed by atoms with van der Waals surface area (Å²) in [4.78, 5) is 87.3.